The van der Waals surface area contributed by atoms with E-state index in [1.165, 1.54) is 6.33 Å². The van der Waals surface area contributed by atoms with Gasteiger partial charge in [0, 0.05) is 16.6 Å². The smallest absolute Gasteiger partial charge is 0.177 e. The molecule has 94 valence electrons. The second kappa shape index (κ2) is 4.65. The number of hydrogen-bond acceptors (Lipinski definition) is 4. The van der Waals surface area contributed by atoms with Crippen LogP contribution in [0.25, 0.3) is 16.6 Å². The Hall–Kier alpha value is -2.89. The van der Waals surface area contributed by atoms with Crippen molar-refractivity contribution >= 4 is 22.5 Å². The normalized spacial score (nSPS) is 10.2. The van der Waals surface area contributed by atoms with Crippen LogP contribution in [0.4, 0.5) is 0 Å². The van der Waals surface area contributed by atoms with Crippen LogP contribution in [0.3, 0.4) is 0 Å². The molecule has 0 N–H and O–H groups in total. The molecule has 3 aromatic rings. The fraction of sp³-hybridized carbons (Fsp3) is 0. The van der Waals surface area contributed by atoms with Gasteiger partial charge >= 0.3 is 0 Å². The molecule has 0 atom stereocenters. The summed E-state index contributed by atoms with van der Waals surface area (Å²) in [6.45, 7) is 0. The lowest BCUT2D eigenvalue weighted by atomic mass is 10.2. The summed E-state index contributed by atoms with van der Waals surface area (Å²) < 4.78 is 1.58. The van der Waals surface area contributed by atoms with Crippen molar-refractivity contribution < 1.29 is 0 Å². The van der Waals surface area contributed by atoms with Crippen LogP contribution in [0.15, 0.2) is 36.8 Å². The van der Waals surface area contributed by atoms with Crippen LogP contribution >= 0.6 is 11.6 Å². The molecule has 0 aliphatic heterocycles. The quantitative estimate of drug-likeness (QED) is 0.686. The van der Waals surface area contributed by atoms with Crippen LogP contribution in [-0.2, 0) is 0 Å². The fourth-order valence-corrected chi connectivity index (χ4v) is 2.20. The first-order valence-electron chi connectivity index (χ1n) is 5.67. The van der Waals surface area contributed by atoms with Gasteiger partial charge in [-0.2, -0.15) is 10.5 Å². The van der Waals surface area contributed by atoms with E-state index in [4.69, 9.17) is 16.9 Å². The number of halogens is 1. The highest BCUT2D eigenvalue weighted by molar-refractivity contribution is 6.31. The number of pyridine rings is 1. The summed E-state index contributed by atoms with van der Waals surface area (Å²) in [6, 6.07) is 11.0. The summed E-state index contributed by atoms with van der Waals surface area (Å²) in [5, 5.41) is 19.6. The zero-order valence-electron chi connectivity index (χ0n) is 10.1. The Balaban J connectivity index is 2.34. The average Bonchev–Trinajstić information content (AvgIpc) is 2.88. The third-order valence-electron chi connectivity index (χ3n) is 2.92. The third kappa shape index (κ3) is 1.78. The molecule has 0 spiro atoms. The van der Waals surface area contributed by atoms with E-state index in [1.54, 1.807) is 29.0 Å². The molecule has 0 aliphatic carbocycles. The molecule has 20 heavy (non-hydrogen) atoms. The highest BCUT2D eigenvalue weighted by Crippen LogP contribution is 2.25. The summed E-state index contributed by atoms with van der Waals surface area (Å²) in [6.07, 6.45) is 3.09. The van der Waals surface area contributed by atoms with Crippen LogP contribution in [0.2, 0.25) is 5.02 Å². The lowest BCUT2D eigenvalue weighted by molar-refractivity contribution is 1.04. The topological polar surface area (TPSA) is 78.3 Å². The number of hydrogen-bond donors (Lipinski definition) is 0. The van der Waals surface area contributed by atoms with Crippen molar-refractivity contribution in [2.75, 3.05) is 0 Å². The van der Waals surface area contributed by atoms with Crippen molar-refractivity contribution in [3.05, 3.63) is 53.2 Å². The first-order valence-corrected chi connectivity index (χ1v) is 6.04. The Labute approximate surface area is 119 Å². The van der Waals surface area contributed by atoms with Crippen LogP contribution in [0.5, 0.6) is 0 Å². The van der Waals surface area contributed by atoms with Gasteiger partial charge in [0.05, 0.1) is 11.2 Å². The maximum absolute atomic E-state index is 9.20. The van der Waals surface area contributed by atoms with Crippen LogP contribution in [0, 0.1) is 22.7 Å². The first kappa shape index (κ1) is 12.2. The monoisotopic (exact) mass is 279 g/mol. The van der Waals surface area contributed by atoms with Gasteiger partial charge in [0.1, 0.15) is 18.5 Å². The van der Waals surface area contributed by atoms with Gasteiger partial charge < -0.3 is 0 Å². The second-order valence-electron chi connectivity index (χ2n) is 4.03. The van der Waals surface area contributed by atoms with E-state index < -0.39 is 0 Å². The Morgan fingerprint density at radius 3 is 2.70 bits per heavy atom. The van der Waals surface area contributed by atoms with Crippen molar-refractivity contribution in [2.45, 2.75) is 0 Å². The van der Waals surface area contributed by atoms with Gasteiger partial charge in [-0.15, -0.1) is 0 Å². The van der Waals surface area contributed by atoms with E-state index in [2.05, 4.69) is 9.97 Å². The summed E-state index contributed by atoms with van der Waals surface area (Å²) in [5.74, 6) is 0. The molecule has 2 heterocycles. The lowest BCUT2D eigenvalue weighted by Gasteiger charge is -2.07. The van der Waals surface area contributed by atoms with Crippen molar-refractivity contribution in [1.29, 1.82) is 10.5 Å². The minimum atomic E-state index is 0.103. The van der Waals surface area contributed by atoms with E-state index >= 15 is 0 Å². The second-order valence-corrected chi connectivity index (χ2v) is 4.46. The molecule has 2 aromatic heterocycles. The van der Waals surface area contributed by atoms with Gasteiger partial charge in [0.25, 0.3) is 0 Å². The zero-order valence-corrected chi connectivity index (χ0v) is 10.8. The van der Waals surface area contributed by atoms with E-state index in [0.717, 1.165) is 11.1 Å². The van der Waals surface area contributed by atoms with Gasteiger partial charge in [-0.05, 0) is 24.3 Å². The average molecular weight is 280 g/mol. The zero-order chi connectivity index (χ0) is 14.1. The van der Waals surface area contributed by atoms with Gasteiger partial charge in [-0.1, -0.05) is 11.6 Å². The molecule has 6 heteroatoms. The minimum absolute atomic E-state index is 0.103. The molecule has 0 amide bonds. The molecule has 0 unspecified atom stereocenters. The van der Waals surface area contributed by atoms with Gasteiger partial charge in [-0.3, -0.25) is 9.55 Å². The summed E-state index contributed by atoms with van der Waals surface area (Å²) in [7, 11) is 0. The third-order valence-corrected chi connectivity index (χ3v) is 3.16. The molecule has 1 aromatic carbocycles. The standard InChI is InChI=1S/C14H6ClN5/c15-9-1-2-10-11(5-9)18-4-3-13(10)20-8-19-12(6-16)14(20)7-17/h1-5,8H. The molecule has 5 nitrogen and oxygen atoms in total. The Kier molecular flexibility index (Phi) is 2.83. The Bertz CT molecular complexity index is 898. The van der Waals surface area contributed by atoms with Crippen molar-refractivity contribution in [2.24, 2.45) is 0 Å². The summed E-state index contributed by atoms with van der Waals surface area (Å²) in [5.41, 5.74) is 1.75. The molecule has 0 fully saturated rings. The van der Waals surface area contributed by atoms with Crippen LogP contribution in [0.1, 0.15) is 11.4 Å². The fourth-order valence-electron chi connectivity index (χ4n) is 2.04. The largest absolute Gasteiger partial charge is 0.289 e. The summed E-state index contributed by atoms with van der Waals surface area (Å²) in [4.78, 5) is 8.18. The number of fused-ring (bicyclic) bond motifs is 1. The molecule has 0 radical (unpaired) electrons. The highest BCUT2D eigenvalue weighted by Gasteiger charge is 2.13. The molecule has 0 saturated heterocycles. The number of nitriles is 2. The van der Waals surface area contributed by atoms with Crippen molar-refractivity contribution in [3.8, 4) is 17.8 Å². The first-order chi connectivity index (χ1) is 9.74. The number of aromatic nitrogens is 3. The van der Waals surface area contributed by atoms with E-state index in [1.807, 2.05) is 18.2 Å². The molecular weight excluding hydrogens is 274 g/mol. The molecule has 0 aliphatic rings. The van der Waals surface area contributed by atoms with E-state index in [9.17, 15) is 5.26 Å². The Morgan fingerprint density at radius 1 is 1.10 bits per heavy atom. The van der Waals surface area contributed by atoms with Gasteiger partial charge in [-0.25, -0.2) is 4.98 Å². The number of rotatable bonds is 1. The number of benzene rings is 1. The van der Waals surface area contributed by atoms with Gasteiger partial charge in [0.2, 0.25) is 0 Å². The predicted molar refractivity (Wildman–Crippen MR) is 73.3 cm³/mol. The minimum Gasteiger partial charge on any atom is -0.289 e. The van der Waals surface area contributed by atoms with E-state index in [0.29, 0.717) is 10.5 Å². The Morgan fingerprint density at radius 2 is 1.95 bits per heavy atom. The maximum atomic E-state index is 9.20. The van der Waals surface area contributed by atoms with Crippen molar-refractivity contribution in [1.82, 2.24) is 14.5 Å². The van der Waals surface area contributed by atoms with Gasteiger partial charge in [0.15, 0.2) is 11.4 Å². The number of nitrogens with zero attached hydrogens (tertiary/aromatic N) is 5. The van der Waals surface area contributed by atoms with E-state index in [-0.39, 0.29) is 11.4 Å². The maximum Gasteiger partial charge on any atom is 0.177 e. The number of imidazole rings is 1. The molecule has 0 bridgehead atoms. The lowest BCUT2D eigenvalue weighted by Crippen LogP contribution is -1.98. The van der Waals surface area contributed by atoms with Crippen LogP contribution in [-0.4, -0.2) is 14.5 Å². The molecular formula is C14H6ClN5. The predicted octanol–water partition coefficient (Wildman–Crippen LogP) is 2.82. The van der Waals surface area contributed by atoms with Crippen molar-refractivity contribution in [3.63, 3.8) is 0 Å². The SMILES string of the molecule is N#Cc1ncn(-c2ccnc3cc(Cl)ccc23)c1C#N. The van der Waals surface area contributed by atoms with Crippen LogP contribution < -0.4 is 0 Å². The highest BCUT2D eigenvalue weighted by atomic mass is 35.5. The summed E-state index contributed by atoms with van der Waals surface area (Å²) >= 11 is 5.95. The molecule has 3 rings (SSSR count). The molecule has 0 saturated carbocycles.